The van der Waals surface area contributed by atoms with E-state index >= 15 is 0 Å². The summed E-state index contributed by atoms with van der Waals surface area (Å²) in [7, 11) is -3.47. The summed E-state index contributed by atoms with van der Waals surface area (Å²) in [5.74, 6) is -2.33. The molecule has 7 heteroatoms. The van der Waals surface area contributed by atoms with Crippen LogP contribution < -0.4 is 0 Å². The van der Waals surface area contributed by atoms with Gasteiger partial charge in [-0.25, -0.2) is 8.42 Å². The van der Waals surface area contributed by atoms with Gasteiger partial charge in [0.15, 0.2) is 9.84 Å². The van der Waals surface area contributed by atoms with E-state index in [1.165, 1.54) is 13.8 Å². The quantitative estimate of drug-likeness (QED) is 0.721. The van der Waals surface area contributed by atoms with Crippen LogP contribution in [0.1, 0.15) is 26.7 Å². The highest BCUT2D eigenvalue weighted by Gasteiger charge is 2.35. The van der Waals surface area contributed by atoms with Crippen LogP contribution in [0.2, 0.25) is 0 Å². The highest BCUT2D eigenvalue weighted by Crippen LogP contribution is 2.27. The van der Waals surface area contributed by atoms with Crippen molar-refractivity contribution in [2.75, 3.05) is 12.3 Å². The second-order valence-corrected chi connectivity index (χ2v) is 7.06. The van der Waals surface area contributed by atoms with Crippen LogP contribution in [0.15, 0.2) is 0 Å². The fourth-order valence-corrected chi connectivity index (χ4v) is 2.22. The van der Waals surface area contributed by atoms with Gasteiger partial charge in [0.05, 0.1) is 5.25 Å². The van der Waals surface area contributed by atoms with Gasteiger partial charge in [-0.1, -0.05) is 0 Å². The second kappa shape index (κ2) is 5.03. The number of nitrogens with zero attached hydrogens (tertiary/aromatic N) is 1. The SMILES string of the molecule is CC(C)S(=O)(=O)CC(=O)N(CC(=O)O)C1CC1. The number of carboxylic acids is 1. The number of aliphatic carboxylic acids is 1. The number of sulfone groups is 1. The fraction of sp³-hybridized carbons (Fsp3) is 0.800. The Kier molecular flexibility index (Phi) is 4.13. The Morgan fingerprint density at radius 1 is 1.35 bits per heavy atom. The lowest BCUT2D eigenvalue weighted by atomic mass is 10.4. The Morgan fingerprint density at radius 2 is 1.88 bits per heavy atom. The van der Waals surface area contributed by atoms with Crippen LogP contribution >= 0.6 is 0 Å². The summed E-state index contributed by atoms with van der Waals surface area (Å²) in [5.41, 5.74) is 0. The number of hydrogen-bond acceptors (Lipinski definition) is 4. The maximum atomic E-state index is 11.8. The minimum atomic E-state index is -3.47. The molecule has 0 unspecified atom stereocenters. The van der Waals surface area contributed by atoms with Crippen LogP contribution in [0.25, 0.3) is 0 Å². The lowest BCUT2D eigenvalue weighted by molar-refractivity contribution is -0.143. The third-order valence-electron chi connectivity index (χ3n) is 2.66. The molecule has 0 aromatic carbocycles. The molecule has 1 aliphatic rings. The molecule has 0 aromatic rings. The Labute approximate surface area is 101 Å². The first-order valence-electron chi connectivity index (χ1n) is 5.47. The lowest BCUT2D eigenvalue weighted by Crippen LogP contribution is -2.41. The van der Waals surface area contributed by atoms with E-state index in [1.807, 2.05) is 0 Å². The van der Waals surface area contributed by atoms with Gasteiger partial charge < -0.3 is 10.0 Å². The van der Waals surface area contributed by atoms with Crippen molar-refractivity contribution in [1.29, 1.82) is 0 Å². The first-order valence-corrected chi connectivity index (χ1v) is 7.18. The average Bonchev–Trinajstić information content (AvgIpc) is 2.95. The molecule has 1 N–H and O–H groups in total. The Morgan fingerprint density at radius 3 is 2.24 bits per heavy atom. The third kappa shape index (κ3) is 3.99. The van der Waals surface area contributed by atoms with Gasteiger partial charge >= 0.3 is 5.97 Å². The van der Waals surface area contributed by atoms with Gasteiger partial charge in [-0.15, -0.1) is 0 Å². The second-order valence-electron chi connectivity index (χ2n) is 4.50. The van der Waals surface area contributed by atoms with E-state index in [0.717, 1.165) is 17.7 Å². The highest BCUT2D eigenvalue weighted by atomic mass is 32.2. The molecule has 1 aliphatic carbocycles. The van der Waals surface area contributed by atoms with E-state index in [2.05, 4.69) is 0 Å². The topological polar surface area (TPSA) is 91.8 Å². The van der Waals surface area contributed by atoms with Crippen LogP contribution in [0.5, 0.6) is 0 Å². The van der Waals surface area contributed by atoms with Crippen molar-refractivity contribution in [2.24, 2.45) is 0 Å². The molecule has 17 heavy (non-hydrogen) atoms. The molecule has 0 radical (unpaired) electrons. The third-order valence-corrected chi connectivity index (χ3v) is 4.74. The van der Waals surface area contributed by atoms with Gasteiger partial charge in [-0.2, -0.15) is 0 Å². The minimum absolute atomic E-state index is 0.0963. The first-order chi connectivity index (χ1) is 7.74. The zero-order chi connectivity index (χ0) is 13.2. The number of carbonyl (C=O) groups is 2. The first kappa shape index (κ1) is 14.0. The zero-order valence-corrected chi connectivity index (χ0v) is 10.7. The van der Waals surface area contributed by atoms with Crippen LogP contribution in [-0.4, -0.2) is 53.9 Å². The number of amides is 1. The van der Waals surface area contributed by atoms with Gasteiger partial charge in [0.1, 0.15) is 12.3 Å². The van der Waals surface area contributed by atoms with Crippen molar-refractivity contribution in [2.45, 2.75) is 38.0 Å². The summed E-state index contributed by atoms with van der Waals surface area (Å²) < 4.78 is 23.2. The van der Waals surface area contributed by atoms with Crippen molar-refractivity contribution >= 4 is 21.7 Å². The number of carboxylic acid groups (broad SMARTS) is 1. The van der Waals surface area contributed by atoms with Crippen molar-refractivity contribution < 1.29 is 23.1 Å². The van der Waals surface area contributed by atoms with Crippen LogP contribution in [-0.2, 0) is 19.4 Å². The number of rotatable bonds is 6. The standard InChI is InChI=1S/C10H17NO5S/c1-7(2)17(15,16)6-9(12)11(5-10(13)14)8-3-4-8/h7-8H,3-6H2,1-2H3,(H,13,14). The molecule has 0 bridgehead atoms. The normalized spacial score (nSPS) is 15.9. The van der Waals surface area contributed by atoms with Crippen LogP contribution in [0.4, 0.5) is 0 Å². The molecule has 1 amide bonds. The predicted molar refractivity (Wildman–Crippen MR) is 61.3 cm³/mol. The van der Waals surface area contributed by atoms with Crippen molar-refractivity contribution in [3.05, 3.63) is 0 Å². The number of hydrogen-bond donors (Lipinski definition) is 1. The summed E-state index contributed by atoms with van der Waals surface area (Å²) in [5, 5.41) is 8.05. The Balaban J connectivity index is 2.69. The van der Waals surface area contributed by atoms with Gasteiger partial charge in [0.25, 0.3) is 0 Å². The Hall–Kier alpha value is -1.11. The summed E-state index contributed by atoms with van der Waals surface area (Å²) in [6.45, 7) is 2.58. The molecule has 0 aliphatic heterocycles. The summed E-state index contributed by atoms with van der Waals surface area (Å²) in [6.07, 6.45) is 1.50. The van der Waals surface area contributed by atoms with E-state index in [4.69, 9.17) is 5.11 Å². The number of carbonyl (C=O) groups excluding carboxylic acids is 1. The molecular formula is C10H17NO5S. The summed E-state index contributed by atoms with van der Waals surface area (Å²) in [4.78, 5) is 23.5. The van der Waals surface area contributed by atoms with E-state index in [0.29, 0.717) is 0 Å². The van der Waals surface area contributed by atoms with Gasteiger partial charge in [0, 0.05) is 6.04 Å². The summed E-state index contributed by atoms with van der Waals surface area (Å²) in [6, 6.07) is -0.0963. The van der Waals surface area contributed by atoms with Crippen molar-refractivity contribution in [3.8, 4) is 0 Å². The van der Waals surface area contributed by atoms with E-state index in [1.54, 1.807) is 0 Å². The minimum Gasteiger partial charge on any atom is -0.480 e. The lowest BCUT2D eigenvalue weighted by Gasteiger charge is -2.20. The molecule has 1 rings (SSSR count). The molecule has 0 atom stereocenters. The zero-order valence-electron chi connectivity index (χ0n) is 9.92. The fourth-order valence-electron chi connectivity index (χ4n) is 1.37. The molecule has 6 nitrogen and oxygen atoms in total. The molecule has 0 saturated heterocycles. The summed E-state index contributed by atoms with van der Waals surface area (Å²) >= 11 is 0. The molecule has 1 saturated carbocycles. The predicted octanol–water partition coefficient (Wildman–Crippen LogP) is -0.115. The molecule has 1 fully saturated rings. The van der Waals surface area contributed by atoms with Gasteiger partial charge in [0.2, 0.25) is 5.91 Å². The molecule has 0 aromatic heterocycles. The van der Waals surface area contributed by atoms with E-state index < -0.39 is 39.3 Å². The van der Waals surface area contributed by atoms with E-state index in [-0.39, 0.29) is 6.04 Å². The van der Waals surface area contributed by atoms with Crippen molar-refractivity contribution in [1.82, 2.24) is 4.90 Å². The van der Waals surface area contributed by atoms with Crippen LogP contribution in [0, 0.1) is 0 Å². The van der Waals surface area contributed by atoms with E-state index in [9.17, 15) is 18.0 Å². The largest absolute Gasteiger partial charge is 0.480 e. The average molecular weight is 263 g/mol. The van der Waals surface area contributed by atoms with Crippen molar-refractivity contribution in [3.63, 3.8) is 0 Å². The van der Waals surface area contributed by atoms with Gasteiger partial charge in [-0.3, -0.25) is 9.59 Å². The smallest absolute Gasteiger partial charge is 0.323 e. The Bertz CT molecular complexity index is 410. The molecule has 98 valence electrons. The molecule has 0 heterocycles. The maximum absolute atomic E-state index is 11.8. The monoisotopic (exact) mass is 263 g/mol. The van der Waals surface area contributed by atoms with Gasteiger partial charge in [-0.05, 0) is 26.7 Å². The maximum Gasteiger partial charge on any atom is 0.323 e. The molecule has 0 spiro atoms. The highest BCUT2D eigenvalue weighted by molar-refractivity contribution is 7.92. The molecular weight excluding hydrogens is 246 g/mol. The van der Waals surface area contributed by atoms with Crippen LogP contribution in [0.3, 0.4) is 0 Å².